The largest absolute Gasteiger partial charge is 0.497 e. The maximum absolute atomic E-state index is 12.3. The average Bonchev–Trinajstić information content (AvgIpc) is 2.63. The Labute approximate surface area is 153 Å². The molecule has 2 aromatic carbocycles. The molecule has 1 atom stereocenters. The number of hydrogen-bond donors (Lipinski definition) is 1. The van der Waals surface area contributed by atoms with Crippen LogP contribution in [0, 0.1) is 13.8 Å². The second kappa shape index (κ2) is 8.89. The molecule has 6 nitrogen and oxygen atoms in total. The third-order valence-electron chi connectivity index (χ3n) is 3.82. The zero-order valence-corrected chi connectivity index (χ0v) is 15.4. The number of para-hydroxylation sites is 1. The summed E-state index contributed by atoms with van der Waals surface area (Å²) in [4.78, 5) is 24.1. The van der Waals surface area contributed by atoms with E-state index in [2.05, 4.69) is 5.32 Å². The molecule has 0 fully saturated rings. The Bertz CT molecular complexity index is 750. The lowest BCUT2D eigenvalue weighted by Gasteiger charge is -2.16. The number of hydrogen-bond acceptors (Lipinski definition) is 5. The molecule has 6 heteroatoms. The summed E-state index contributed by atoms with van der Waals surface area (Å²) in [5, 5.41) is 2.80. The highest BCUT2D eigenvalue weighted by atomic mass is 16.6. The summed E-state index contributed by atoms with van der Waals surface area (Å²) in [6, 6.07) is 12.5. The summed E-state index contributed by atoms with van der Waals surface area (Å²) in [6.07, 6.45) is -0.930. The fourth-order valence-corrected chi connectivity index (χ4v) is 2.34. The Morgan fingerprint density at radius 3 is 2.15 bits per heavy atom. The molecule has 1 N–H and O–H groups in total. The molecule has 0 aliphatic heterocycles. The molecular formula is C20H23NO5. The van der Waals surface area contributed by atoms with Crippen LogP contribution in [0.25, 0.3) is 0 Å². The van der Waals surface area contributed by atoms with Gasteiger partial charge in [0.25, 0.3) is 5.91 Å². The van der Waals surface area contributed by atoms with Crippen molar-refractivity contribution in [1.29, 1.82) is 0 Å². The molecule has 2 rings (SSSR count). The number of aryl methyl sites for hydroxylation is 2. The van der Waals surface area contributed by atoms with E-state index in [1.165, 1.54) is 6.92 Å². The smallest absolute Gasteiger partial charge is 0.344 e. The third kappa shape index (κ3) is 5.24. The van der Waals surface area contributed by atoms with Crippen molar-refractivity contribution in [3.05, 3.63) is 53.6 Å². The number of rotatable bonds is 7. The number of carbonyl (C=O) groups excluding carboxylic acids is 2. The highest BCUT2D eigenvalue weighted by Gasteiger charge is 2.19. The van der Waals surface area contributed by atoms with Gasteiger partial charge in [0.2, 0.25) is 0 Å². The lowest BCUT2D eigenvalue weighted by Crippen LogP contribution is -2.32. The van der Waals surface area contributed by atoms with Crippen LogP contribution in [0.4, 0.5) is 5.69 Å². The maximum Gasteiger partial charge on any atom is 0.344 e. The Hall–Kier alpha value is -3.02. The minimum absolute atomic E-state index is 0.284. The summed E-state index contributed by atoms with van der Waals surface area (Å²) in [5.74, 6) is 0.192. The maximum atomic E-state index is 12.3. The van der Waals surface area contributed by atoms with Gasteiger partial charge in [0.15, 0.2) is 12.7 Å². The number of carbonyl (C=O) groups is 2. The molecule has 0 radical (unpaired) electrons. The summed E-state index contributed by atoms with van der Waals surface area (Å²) in [7, 11) is 1.57. The fourth-order valence-electron chi connectivity index (χ4n) is 2.34. The molecule has 0 bridgehead atoms. The number of methoxy groups -OCH3 is 1. The zero-order valence-electron chi connectivity index (χ0n) is 15.4. The van der Waals surface area contributed by atoms with Crippen molar-refractivity contribution in [1.82, 2.24) is 0 Å². The van der Waals surface area contributed by atoms with Crippen molar-refractivity contribution in [2.45, 2.75) is 26.9 Å². The molecule has 0 saturated carbocycles. The van der Waals surface area contributed by atoms with E-state index in [0.717, 1.165) is 16.8 Å². The van der Waals surface area contributed by atoms with Crippen molar-refractivity contribution in [2.24, 2.45) is 0 Å². The van der Waals surface area contributed by atoms with Crippen LogP contribution in [0.1, 0.15) is 18.1 Å². The van der Waals surface area contributed by atoms with Crippen LogP contribution in [0.2, 0.25) is 0 Å². The monoisotopic (exact) mass is 357 g/mol. The molecule has 138 valence electrons. The first-order valence-electron chi connectivity index (χ1n) is 8.24. The quantitative estimate of drug-likeness (QED) is 0.770. The Kier molecular flexibility index (Phi) is 6.60. The Morgan fingerprint density at radius 2 is 1.58 bits per heavy atom. The Balaban J connectivity index is 1.84. The van der Waals surface area contributed by atoms with E-state index in [-0.39, 0.29) is 12.5 Å². The molecule has 0 heterocycles. The van der Waals surface area contributed by atoms with Gasteiger partial charge in [0, 0.05) is 5.69 Å². The van der Waals surface area contributed by atoms with Gasteiger partial charge in [0.05, 0.1) is 7.11 Å². The van der Waals surface area contributed by atoms with Crippen LogP contribution in [0.5, 0.6) is 11.5 Å². The first kappa shape index (κ1) is 19.3. The van der Waals surface area contributed by atoms with Crippen molar-refractivity contribution < 1.29 is 23.8 Å². The Morgan fingerprint density at radius 1 is 1.00 bits per heavy atom. The van der Waals surface area contributed by atoms with Crippen molar-refractivity contribution in [2.75, 3.05) is 19.0 Å². The van der Waals surface area contributed by atoms with Crippen LogP contribution in [0.3, 0.4) is 0 Å². The van der Waals surface area contributed by atoms with E-state index in [4.69, 9.17) is 14.2 Å². The molecule has 0 aliphatic carbocycles. The normalized spacial score (nSPS) is 11.4. The molecular weight excluding hydrogens is 334 g/mol. The van der Waals surface area contributed by atoms with E-state index < -0.39 is 12.1 Å². The topological polar surface area (TPSA) is 73.9 Å². The predicted molar refractivity (Wildman–Crippen MR) is 98.6 cm³/mol. The standard InChI is InChI=1S/C20H23NO5/c1-13-6-5-7-14(2)19(13)21-20(23)15(3)26-18(22)12-25-17-10-8-16(24-4)9-11-17/h5-11,15H,12H2,1-4H3,(H,21,23). The van der Waals surface area contributed by atoms with Crippen molar-refractivity contribution in [3.63, 3.8) is 0 Å². The van der Waals surface area contributed by atoms with Gasteiger partial charge in [-0.25, -0.2) is 4.79 Å². The lowest BCUT2D eigenvalue weighted by molar-refractivity contribution is -0.155. The number of benzene rings is 2. The third-order valence-corrected chi connectivity index (χ3v) is 3.82. The summed E-state index contributed by atoms with van der Waals surface area (Å²) in [5.41, 5.74) is 2.62. The van der Waals surface area contributed by atoms with Gasteiger partial charge >= 0.3 is 5.97 Å². The van der Waals surface area contributed by atoms with E-state index in [1.807, 2.05) is 32.0 Å². The van der Waals surface area contributed by atoms with Gasteiger partial charge in [0.1, 0.15) is 11.5 Å². The number of ether oxygens (including phenoxy) is 3. The molecule has 0 spiro atoms. The molecule has 2 aromatic rings. The molecule has 0 aromatic heterocycles. The highest BCUT2D eigenvalue weighted by Crippen LogP contribution is 2.20. The van der Waals surface area contributed by atoms with E-state index in [9.17, 15) is 9.59 Å². The first-order valence-corrected chi connectivity index (χ1v) is 8.24. The first-order chi connectivity index (χ1) is 12.4. The second-order valence-electron chi connectivity index (χ2n) is 5.85. The van der Waals surface area contributed by atoms with Crippen LogP contribution in [-0.4, -0.2) is 31.7 Å². The molecule has 26 heavy (non-hydrogen) atoms. The molecule has 0 saturated heterocycles. The SMILES string of the molecule is COc1ccc(OCC(=O)OC(C)C(=O)Nc2c(C)cccc2C)cc1. The van der Waals surface area contributed by atoms with E-state index in [0.29, 0.717) is 11.5 Å². The van der Waals surface area contributed by atoms with Crippen molar-refractivity contribution >= 4 is 17.6 Å². The van der Waals surface area contributed by atoms with Gasteiger partial charge in [-0.15, -0.1) is 0 Å². The summed E-state index contributed by atoms with van der Waals surface area (Å²) < 4.78 is 15.5. The minimum atomic E-state index is -0.930. The number of nitrogens with one attached hydrogen (secondary N) is 1. The van der Waals surface area contributed by atoms with E-state index >= 15 is 0 Å². The summed E-state index contributed by atoms with van der Waals surface area (Å²) >= 11 is 0. The van der Waals surface area contributed by atoms with Crippen molar-refractivity contribution in [3.8, 4) is 11.5 Å². The van der Waals surface area contributed by atoms with Gasteiger partial charge in [-0.3, -0.25) is 4.79 Å². The fraction of sp³-hybridized carbons (Fsp3) is 0.300. The molecule has 1 unspecified atom stereocenters. The van der Waals surface area contributed by atoms with Crippen LogP contribution >= 0.6 is 0 Å². The molecule has 0 aliphatic rings. The van der Waals surface area contributed by atoms with Crippen LogP contribution < -0.4 is 14.8 Å². The number of anilines is 1. The zero-order chi connectivity index (χ0) is 19.1. The number of esters is 1. The minimum Gasteiger partial charge on any atom is -0.497 e. The van der Waals surface area contributed by atoms with Gasteiger partial charge in [-0.05, 0) is 56.2 Å². The number of amides is 1. The average molecular weight is 357 g/mol. The van der Waals surface area contributed by atoms with Crippen LogP contribution in [-0.2, 0) is 14.3 Å². The van der Waals surface area contributed by atoms with Crippen LogP contribution in [0.15, 0.2) is 42.5 Å². The molecule has 1 amide bonds. The van der Waals surface area contributed by atoms with Gasteiger partial charge in [-0.1, -0.05) is 18.2 Å². The summed E-state index contributed by atoms with van der Waals surface area (Å²) in [6.45, 7) is 5.05. The second-order valence-corrected chi connectivity index (χ2v) is 5.85. The van der Waals surface area contributed by atoms with Gasteiger partial charge in [-0.2, -0.15) is 0 Å². The predicted octanol–water partition coefficient (Wildman–Crippen LogP) is 3.26. The highest BCUT2D eigenvalue weighted by molar-refractivity contribution is 5.96. The lowest BCUT2D eigenvalue weighted by atomic mass is 10.1. The van der Waals surface area contributed by atoms with E-state index in [1.54, 1.807) is 31.4 Å². The van der Waals surface area contributed by atoms with Gasteiger partial charge < -0.3 is 19.5 Å².